The van der Waals surface area contributed by atoms with Crippen LogP contribution in [-0.4, -0.2) is 58.1 Å². The maximum atomic E-state index is 14.0. The molecule has 2 heterocycles. The summed E-state index contributed by atoms with van der Waals surface area (Å²) in [6.45, 7) is 9.65. The number of likely N-dealkylation sites (tertiary alicyclic amines) is 1. The maximum Gasteiger partial charge on any atom is 0.434 e. The van der Waals surface area contributed by atoms with Crippen molar-refractivity contribution in [3.63, 3.8) is 0 Å². The number of nitrogens with one attached hydrogen (secondary N) is 2. The maximum absolute atomic E-state index is 14.0. The molecular formula is C26H36F3N5O4S. The van der Waals surface area contributed by atoms with Crippen LogP contribution in [0.1, 0.15) is 66.0 Å². The molecule has 9 nitrogen and oxygen atoms in total. The summed E-state index contributed by atoms with van der Waals surface area (Å²) in [7, 11) is 0. The van der Waals surface area contributed by atoms with E-state index >= 15 is 0 Å². The first-order chi connectivity index (χ1) is 17.9. The summed E-state index contributed by atoms with van der Waals surface area (Å²) in [6, 6.07) is -2.93. The van der Waals surface area contributed by atoms with E-state index in [0.29, 0.717) is 13.0 Å². The largest absolute Gasteiger partial charge is 0.434 e. The van der Waals surface area contributed by atoms with Crippen LogP contribution >= 0.6 is 11.3 Å². The molecule has 1 aromatic rings. The number of carbonyl (C=O) groups is 4. The Morgan fingerprint density at radius 1 is 1.21 bits per heavy atom. The van der Waals surface area contributed by atoms with Crippen LogP contribution < -0.4 is 16.4 Å². The third kappa shape index (κ3) is 5.78. The lowest BCUT2D eigenvalue weighted by atomic mass is 9.80. The van der Waals surface area contributed by atoms with E-state index < -0.39 is 58.9 Å². The van der Waals surface area contributed by atoms with E-state index in [1.807, 2.05) is 13.8 Å². The number of halogens is 3. The van der Waals surface area contributed by atoms with Crippen LogP contribution in [0.15, 0.2) is 5.38 Å². The van der Waals surface area contributed by atoms with Crippen molar-refractivity contribution in [2.24, 2.45) is 34.3 Å². The first-order valence-electron chi connectivity index (χ1n) is 13.2. The Balaban J connectivity index is 1.57. The molecular weight excluding hydrogens is 535 g/mol. The minimum atomic E-state index is -4.61. The number of Topliss-reactive ketones (excluding diaryl/α,β-unsaturated/α-hetero) is 1. The standard InChI is InChI=1S/C26H36F3N5O4S/c1-24(2,3)19(33-23-32-15(11-39-23)26(27,28)29)22(38)34-10-13-16(25(13,4)5)17(34)21(37)31-14(18(35)20(30)36)9-12-7-6-8-12/h11-14,16-17,19H,6-10H2,1-5H3,(H2,30,36)(H,31,37)(H,32,33)/t13-,14?,16-,17-,19+/m0/s1. The van der Waals surface area contributed by atoms with Gasteiger partial charge in [-0.3, -0.25) is 19.2 Å². The van der Waals surface area contributed by atoms with Gasteiger partial charge in [-0.1, -0.05) is 53.9 Å². The van der Waals surface area contributed by atoms with Gasteiger partial charge in [-0.2, -0.15) is 13.2 Å². The average Bonchev–Trinajstić information content (AvgIpc) is 3.21. The quantitative estimate of drug-likeness (QED) is 0.390. The fraction of sp³-hybridized carbons (Fsp3) is 0.731. The van der Waals surface area contributed by atoms with Gasteiger partial charge >= 0.3 is 6.18 Å². The van der Waals surface area contributed by atoms with Crippen molar-refractivity contribution < 1.29 is 32.3 Å². The molecule has 0 spiro atoms. The molecule has 2 saturated carbocycles. The summed E-state index contributed by atoms with van der Waals surface area (Å²) >= 11 is 0.751. The molecule has 1 aliphatic heterocycles. The van der Waals surface area contributed by atoms with Gasteiger partial charge in [0.15, 0.2) is 10.8 Å². The molecule has 4 N–H and O–H groups in total. The Kier molecular flexibility index (Phi) is 7.54. The van der Waals surface area contributed by atoms with Gasteiger partial charge < -0.3 is 21.3 Å². The molecule has 3 amide bonds. The molecule has 4 rings (SSSR count). The molecule has 1 unspecified atom stereocenters. The second-order valence-electron chi connectivity index (χ2n) is 12.7. The number of piperidine rings is 1. The number of rotatable bonds is 9. The SMILES string of the molecule is CC(C)(C)[C@H](Nc1nc(C(F)(F)F)cs1)C(=O)N1C[C@H]2[C@@H]([C@H]1C(=O)NC(CC1CCC1)C(=O)C(N)=O)C2(C)C. The zero-order chi connectivity index (χ0) is 29.1. The van der Waals surface area contributed by atoms with Crippen molar-refractivity contribution in [1.29, 1.82) is 0 Å². The number of aromatic nitrogens is 1. The molecule has 0 aromatic carbocycles. The number of hydrogen-bond donors (Lipinski definition) is 3. The number of primary amides is 1. The number of amides is 3. The van der Waals surface area contributed by atoms with Gasteiger partial charge in [0.05, 0.1) is 6.04 Å². The number of fused-ring (bicyclic) bond motifs is 1. The molecule has 1 aromatic heterocycles. The Morgan fingerprint density at radius 2 is 1.85 bits per heavy atom. The lowest BCUT2D eigenvalue weighted by Crippen LogP contribution is -2.58. The van der Waals surface area contributed by atoms with Gasteiger partial charge in [0.25, 0.3) is 5.91 Å². The molecule has 216 valence electrons. The monoisotopic (exact) mass is 571 g/mol. The van der Waals surface area contributed by atoms with E-state index in [0.717, 1.165) is 36.0 Å². The highest BCUT2D eigenvalue weighted by Crippen LogP contribution is 2.65. The molecule has 1 saturated heterocycles. The Hall–Kier alpha value is -2.70. The van der Waals surface area contributed by atoms with Gasteiger partial charge in [0, 0.05) is 11.9 Å². The van der Waals surface area contributed by atoms with Crippen molar-refractivity contribution in [1.82, 2.24) is 15.2 Å². The summed E-state index contributed by atoms with van der Waals surface area (Å²) in [5.74, 6) is -2.86. The minimum absolute atomic E-state index is 0.0473. The van der Waals surface area contributed by atoms with Crippen LogP contribution in [0.25, 0.3) is 0 Å². The van der Waals surface area contributed by atoms with E-state index in [-0.39, 0.29) is 28.3 Å². The number of alkyl halides is 3. The summed E-state index contributed by atoms with van der Waals surface area (Å²) < 4.78 is 39.3. The zero-order valence-corrected chi connectivity index (χ0v) is 23.5. The summed E-state index contributed by atoms with van der Waals surface area (Å²) in [5.41, 5.74) is 3.26. The third-order valence-electron chi connectivity index (χ3n) is 8.61. The molecule has 39 heavy (non-hydrogen) atoms. The number of ketones is 1. The highest BCUT2D eigenvalue weighted by atomic mass is 32.1. The summed E-state index contributed by atoms with van der Waals surface area (Å²) in [4.78, 5) is 57.0. The van der Waals surface area contributed by atoms with Crippen molar-refractivity contribution in [2.45, 2.75) is 84.6 Å². The second kappa shape index (κ2) is 10.0. The number of nitrogens with zero attached hydrogens (tertiary/aromatic N) is 2. The van der Waals surface area contributed by atoms with E-state index in [4.69, 9.17) is 5.73 Å². The summed E-state index contributed by atoms with van der Waals surface area (Å²) in [6.07, 6.45) is -1.49. The average molecular weight is 572 g/mol. The Bertz CT molecular complexity index is 1160. The second-order valence-corrected chi connectivity index (χ2v) is 13.5. The molecule has 0 bridgehead atoms. The molecule has 0 radical (unpaired) electrons. The van der Waals surface area contributed by atoms with Gasteiger partial charge in [-0.15, -0.1) is 11.3 Å². The van der Waals surface area contributed by atoms with E-state index in [1.165, 1.54) is 4.90 Å². The lowest BCUT2D eigenvalue weighted by molar-refractivity contribution is -0.144. The predicted octanol–water partition coefficient (Wildman–Crippen LogP) is 3.20. The lowest BCUT2D eigenvalue weighted by Gasteiger charge is -2.38. The normalized spacial score (nSPS) is 25.7. The number of hydrogen-bond acceptors (Lipinski definition) is 7. The third-order valence-corrected chi connectivity index (χ3v) is 9.38. The molecule has 3 fully saturated rings. The minimum Gasteiger partial charge on any atom is -0.363 e. The van der Waals surface area contributed by atoms with Crippen LogP contribution in [-0.2, 0) is 25.4 Å². The van der Waals surface area contributed by atoms with E-state index in [2.05, 4.69) is 15.6 Å². The fourth-order valence-corrected chi connectivity index (χ4v) is 6.69. The van der Waals surface area contributed by atoms with Gasteiger partial charge in [0.1, 0.15) is 12.1 Å². The molecule has 2 aliphatic carbocycles. The van der Waals surface area contributed by atoms with Crippen molar-refractivity contribution in [3.8, 4) is 0 Å². The van der Waals surface area contributed by atoms with Crippen molar-refractivity contribution in [3.05, 3.63) is 11.1 Å². The number of anilines is 1. The number of nitrogens with two attached hydrogens (primary N) is 1. The Morgan fingerprint density at radius 3 is 2.33 bits per heavy atom. The first kappa shape index (κ1) is 29.3. The van der Waals surface area contributed by atoms with Crippen molar-refractivity contribution >= 4 is 40.0 Å². The first-order valence-corrected chi connectivity index (χ1v) is 14.0. The predicted molar refractivity (Wildman–Crippen MR) is 138 cm³/mol. The van der Waals surface area contributed by atoms with Crippen LogP contribution in [0.3, 0.4) is 0 Å². The smallest absolute Gasteiger partial charge is 0.363 e. The topological polar surface area (TPSA) is 134 Å². The number of thiazole rings is 1. The van der Waals surface area contributed by atoms with Gasteiger partial charge in [0.2, 0.25) is 17.6 Å². The van der Waals surface area contributed by atoms with Crippen molar-refractivity contribution in [2.75, 3.05) is 11.9 Å². The molecule has 5 atom stereocenters. The highest BCUT2D eigenvalue weighted by molar-refractivity contribution is 7.13. The van der Waals surface area contributed by atoms with Crippen LogP contribution in [0.2, 0.25) is 0 Å². The zero-order valence-electron chi connectivity index (χ0n) is 22.7. The van der Waals surface area contributed by atoms with Crippen LogP contribution in [0, 0.1) is 28.6 Å². The van der Waals surface area contributed by atoms with Gasteiger partial charge in [-0.05, 0) is 35.0 Å². The van der Waals surface area contributed by atoms with Gasteiger partial charge in [-0.25, -0.2) is 4.98 Å². The van der Waals surface area contributed by atoms with Crippen LogP contribution in [0.5, 0.6) is 0 Å². The fourth-order valence-electron chi connectivity index (χ4n) is 5.94. The highest BCUT2D eigenvalue weighted by Gasteiger charge is 2.70. The Labute approximate surface area is 229 Å². The molecule has 3 aliphatic rings. The number of carbonyl (C=O) groups excluding carboxylic acids is 4. The summed E-state index contributed by atoms with van der Waals surface area (Å²) in [5, 5.41) is 6.45. The molecule has 13 heteroatoms. The van der Waals surface area contributed by atoms with Crippen LogP contribution in [0.4, 0.5) is 18.3 Å². The van der Waals surface area contributed by atoms with E-state index in [1.54, 1.807) is 20.8 Å². The van der Waals surface area contributed by atoms with E-state index in [9.17, 15) is 32.3 Å².